The Morgan fingerprint density at radius 2 is 1.60 bits per heavy atom. The molecule has 0 aliphatic heterocycles. The maximum absolute atomic E-state index is 3.20. The molecule has 15 heavy (non-hydrogen) atoms. The van der Waals surface area contributed by atoms with Gasteiger partial charge in [0.05, 0.1) is 0 Å². The van der Waals surface area contributed by atoms with Gasteiger partial charge in [-0.2, -0.15) is 0 Å². The molecule has 2 N–H and O–H groups in total. The fourth-order valence-corrected chi connectivity index (χ4v) is 2.15. The number of rotatable bonds is 6. The van der Waals surface area contributed by atoms with Crippen LogP contribution in [-0.4, -0.2) is 27.2 Å². The van der Waals surface area contributed by atoms with Crippen molar-refractivity contribution in [3.05, 3.63) is 32.9 Å². The van der Waals surface area contributed by atoms with Gasteiger partial charge in [0, 0.05) is 3.57 Å². The van der Waals surface area contributed by atoms with Gasteiger partial charge in [-0.1, -0.05) is 6.07 Å². The lowest BCUT2D eigenvalue weighted by Crippen LogP contribution is -2.14. The lowest BCUT2D eigenvalue weighted by molar-refractivity contribution is 0.760. The number of halogens is 1. The van der Waals surface area contributed by atoms with Gasteiger partial charge >= 0.3 is 0 Å². The molecule has 84 valence electrons. The van der Waals surface area contributed by atoms with Crippen molar-refractivity contribution in [3.8, 4) is 0 Å². The van der Waals surface area contributed by atoms with E-state index in [9.17, 15) is 0 Å². The summed E-state index contributed by atoms with van der Waals surface area (Å²) in [6, 6.07) is 6.74. The van der Waals surface area contributed by atoms with E-state index in [1.807, 2.05) is 14.1 Å². The fraction of sp³-hybridized carbons (Fsp3) is 0.500. The normalized spacial score (nSPS) is 10.6. The van der Waals surface area contributed by atoms with Crippen LogP contribution in [0.4, 0.5) is 0 Å². The van der Waals surface area contributed by atoms with E-state index in [1.54, 1.807) is 0 Å². The third kappa shape index (κ3) is 4.49. The maximum Gasteiger partial charge on any atom is 0.0133 e. The fourth-order valence-electron chi connectivity index (χ4n) is 1.59. The van der Waals surface area contributed by atoms with E-state index >= 15 is 0 Å². The summed E-state index contributed by atoms with van der Waals surface area (Å²) in [5, 5.41) is 6.40. The minimum atomic E-state index is 1.05. The van der Waals surface area contributed by atoms with Crippen LogP contribution >= 0.6 is 22.6 Å². The van der Waals surface area contributed by atoms with Gasteiger partial charge in [0.1, 0.15) is 0 Å². The second-order valence-corrected chi connectivity index (χ2v) is 4.87. The molecule has 0 heterocycles. The van der Waals surface area contributed by atoms with Crippen molar-refractivity contribution in [3.63, 3.8) is 0 Å². The highest BCUT2D eigenvalue weighted by Crippen LogP contribution is 2.14. The molecule has 0 amide bonds. The zero-order chi connectivity index (χ0) is 11.1. The van der Waals surface area contributed by atoms with Gasteiger partial charge in [-0.05, 0) is 85.9 Å². The quantitative estimate of drug-likeness (QED) is 0.782. The molecular weight excluding hydrogens is 299 g/mol. The van der Waals surface area contributed by atoms with Crippen molar-refractivity contribution in [2.24, 2.45) is 0 Å². The van der Waals surface area contributed by atoms with E-state index in [-0.39, 0.29) is 0 Å². The van der Waals surface area contributed by atoms with Gasteiger partial charge in [0.2, 0.25) is 0 Å². The van der Waals surface area contributed by atoms with Gasteiger partial charge in [-0.15, -0.1) is 0 Å². The average Bonchev–Trinajstić information content (AvgIpc) is 2.25. The first-order chi connectivity index (χ1) is 7.27. The summed E-state index contributed by atoms with van der Waals surface area (Å²) in [5.41, 5.74) is 2.95. The molecule has 0 radical (unpaired) electrons. The Morgan fingerprint density at radius 3 is 2.20 bits per heavy atom. The van der Waals surface area contributed by atoms with Crippen molar-refractivity contribution >= 4 is 22.6 Å². The third-order valence-corrected chi connectivity index (χ3v) is 3.13. The van der Waals surface area contributed by atoms with Gasteiger partial charge in [-0.25, -0.2) is 0 Å². The van der Waals surface area contributed by atoms with E-state index in [1.165, 1.54) is 14.7 Å². The van der Waals surface area contributed by atoms with Crippen LogP contribution in [0.15, 0.2) is 18.2 Å². The van der Waals surface area contributed by atoms with Crippen molar-refractivity contribution in [2.45, 2.75) is 12.8 Å². The summed E-state index contributed by atoms with van der Waals surface area (Å²) in [6.07, 6.45) is 2.23. The first-order valence-electron chi connectivity index (χ1n) is 5.34. The summed E-state index contributed by atoms with van der Waals surface area (Å²) < 4.78 is 1.33. The number of benzene rings is 1. The molecule has 1 rings (SSSR count). The third-order valence-electron chi connectivity index (χ3n) is 2.46. The van der Waals surface area contributed by atoms with E-state index in [0.717, 1.165) is 25.9 Å². The van der Waals surface area contributed by atoms with Crippen LogP contribution in [0.25, 0.3) is 0 Å². The van der Waals surface area contributed by atoms with Gasteiger partial charge < -0.3 is 10.6 Å². The summed E-state index contributed by atoms with van der Waals surface area (Å²) in [6.45, 7) is 2.10. The van der Waals surface area contributed by atoms with Crippen LogP contribution in [0.2, 0.25) is 0 Å². The van der Waals surface area contributed by atoms with Crippen molar-refractivity contribution in [1.29, 1.82) is 0 Å². The summed E-state index contributed by atoms with van der Waals surface area (Å²) in [7, 11) is 4.00. The number of nitrogens with one attached hydrogen (secondary N) is 2. The Balaban J connectivity index is 2.73. The Hall–Kier alpha value is -0.130. The van der Waals surface area contributed by atoms with E-state index in [0.29, 0.717) is 0 Å². The van der Waals surface area contributed by atoms with E-state index in [2.05, 4.69) is 51.4 Å². The van der Waals surface area contributed by atoms with Gasteiger partial charge in [-0.3, -0.25) is 0 Å². The van der Waals surface area contributed by atoms with Crippen molar-refractivity contribution in [1.82, 2.24) is 10.6 Å². The molecule has 1 aromatic rings. The van der Waals surface area contributed by atoms with Crippen LogP contribution in [0, 0.1) is 3.57 Å². The Kier molecular flexibility index (Phi) is 6.20. The SMILES string of the molecule is CNCCc1ccc(I)cc1CCNC. The van der Waals surface area contributed by atoms with Crippen LogP contribution in [-0.2, 0) is 12.8 Å². The predicted octanol–water partition coefficient (Wildman–Crippen LogP) is 1.81. The molecule has 3 heteroatoms. The maximum atomic E-state index is 3.20. The van der Waals surface area contributed by atoms with Crippen LogP contribution in [0.5, 0.6) is 0 Å². The molecule has 2 nitrogen and oxygen atoms in total. The van der Waals surface area contributed by atoms with Crippen molar-refractivity contribution in [2.75, 3.05) is 27.2 Å². The van der Waals surface area contributed by atoms with E-state index in [4.69, 9.17) is 0 Å². The Labute approximate surface area is 106 Å². The lowest BCUT2D eigenvalue weighted by atomic mass is 10.0. The van der Waals surface area contributed by atoms with Crippen LogP contribution < -0.4 is 10.6 Å². The number of hydrogen-bond acceptors (Lipinski definition) is 2. The predicted molar refractivity (Wildman–Crippen MR) is 74.4 cm³/mol. The smallest absolute Gasteiger partial charge is 0.0133 e. The molecule has 0 unspecified atom stereocenters. The highest BCUT2D eigenvalue weighted by Gasteiger charge is 2.02. The molecule has 0 aliphatic rings. The standard InChI is InChI=1S/C12H19IN2/c1-14-7-5-10-3-4-12(13)9-11(10)6-8-15-2/h3-4,9,14-15H,5-8H2,1-2H3. The Bertz CT molecular complexity index is 300. The summed E-state index contributed by atoms with van der Waals surface area (Å²) >= 11 is 2.38. The summed E-state index contributed by atoms with van der Waals surface area (Å²) in [4.78, 5) is 0. The molecule has 0 bridgehead atoms. The molecular formula is C12H19IN2. The lowest BCUT2D eigenvalue weighted by Gasteiger charge is -2.10. The molecule has 0 spiro atoms. The molecule has 0 saturated carbocycles. The summed E-state index contributed by atoms with van der Waals surface area (Å²) in [5.74, 6) is 0. The zero-order valence-electron chi connectivity index (χ0n) is 9.44. The van der Waals surface area contributed by atoms with Crippen molar-refractivity contribution < 1.29 is 0 Å². The largest absolute Gasteiger partial charge is 0.319 e. The molecule has 1 aromatic carbocycles. The van der Waals surface area contributed by atoms with Gasteiger partial charge in [0.15, 0.2) is 0 Å². The first-order valence-corrected chi connectivity index (χ1v) is 6.42. The molecule has 0 aliphatic carbocycles. The first kappa shape index (κ1) is 12.9. The minimum Gasteiger partial charge on any atom is -0.319 e. The molecule has 0 saturated heterocycles. The molecule has 0 aromatic heterocycles. The average molecular weight is 318 g/mol. The van der Waals surface area contributed by atoms with Crippen LogP contribution in [0.3, 0.4) is 0 Å². The second kappa shape index (κ2) is 7.19. The number of likely N-dealkylation sites (N-methyl/N-ethyl adjacent to an activating group) is 2. The second-order valence-electron chi connectivity index (χ2n) is 3.62. The van der Waals surface area contributed by atoms with Gasteiger partial charge in [0.25, 0.3) is 0 Å². The highest BCUT2D eigenvalue weighted by molar-refractivity contribution is 14.1. The highest BCUT2D eigenvalue weighted by atomic mass is 127. The molecule has 0 fully saturated rings. The monoisotopic (exact) mass is 318 g/mol. The van der Waals surface area contributed by atoms with E-state index < -0.39 is 0 Å². The Morgan fingerprint density at radius 1 is 1.00 bits per heavy atom. The minimum absolute atomic E-state index is 1.05. The topological polar surface area (TPSA) is 24.1 Å². The van der Waals surface area contributed by atoms with Crippen LogP contribution in [0.1, 0.15) is 11.1 Å². The zero-order valence-corrected chi connectivity index (χ0v) is 11.6. The number of hydrogen-bond donors (Lipinski definition) is 2. The molecule has 0 atom stereocenters.